The number of alkyl carbamates (subject to hydrolysis) is 1. The maximum absolute atomic E-state index is 10.1. The summed E-state index contributed by atoms with van der Waals surface area (Å²) in [4.78, 5) is 19.9. The molecule has 0 spiro atoms. The normalized spacial score (nSPS) is 19.0. The van der Waals surface area contributed by atoms with E-state index in [1.807, 2.05) is 5.32 Å². The molecule has 1 heterocycles. The molecule has 0 bridgehead atoms. The number of nitrogens with one attached hydrogen (secondary N) is 1. The van der Waals surface area contributed by atoms with Gasteiger partial charge in [0.2, 0.25) is 0 Å². The van der Waals surface area contributed by atoms with E-state index in [2.05, 4.69) is 11.7 Å². The fraction of sp³-hybridized carbons (Fsp3) is 0.800. The van der Waals surface area contributed by atoms with Crippen molar-refractivity contribution in [1.82, 2.24) is 5.32 Å². The number of carboxylic acid groups (broad SMARTS) is 1. The quantitative estimate of drug-likeness (QED) is 0.743. The summed E-state index contributed by atoms with van der Waals surface area (Å²) in [6.45, 7) is 2.72. The summed E-state index contributed by atoms with van der Waals surface area (Å²) in [6.07, 6.45) is 3.69. The number of carbonyl (C=O) groups excluding carboxylic acids is 1. The Morgan fingerprint density at radius 3 is 2.50 bits per heavy atom. The maximum atomic E-state index is 10.1. The zero-order valence-electron chi connectivity index (χ0n) is 9.69. The Kier molecular flexibility index (Phi) is 8.24. The van der Waals surface area contributed by atoms with Crippen molar-refractivity contribution in [2.75, 3.05) is 20.3 Å². The second kappa shape index (κ2) is 8.96. The molecule has 94 valence electrons. The van der Waals surface area contributed by atoms with Crippen molar-refractivity contribution in [3.63, 3.8) is 0 Å². The van der Waals surface area contributed by atoms with Gasteiger partial charge in [0.05, 0.1) is 13.2 Å². The van der Waals surface area contributed by atoms with Crippen LogP contribution in [0.3, 0.4) is 0 Å². The number of amides is 1. The number of rotatable bonds is 2. The van der Waals surface area contributed by atoms with E-state index in [9.17, 15) is 9.59 Å². The number of ether oxygens (including phenoxy) is 2. The number of methoxy groups -OCH3 is 1. The molecule has 6 nitrogen and oxygen atoms in total. The van der Waals surface area contributed by atoms with Gasteiger partial charge in [-0.2, -0.15) is 0 Å². The van der Waals surface area contributed by atoms with Crippen molar-refractivity contribution < 1.29 is 24.2 Å². The summed E-state index contributed by atoms with van der Waals surface area (Å²) in [5, 5.41) is 9.96. The summed E-state index contributed by atoms with van der Waals surface area (Å²) < 4.78 is 9.36. The van der Waals surface area contributed by atoms with Gasteiger partial charge in [0.15, 0.2) is 0 Å². The molecule has 0 radical (unpaired) electrons. The van der Waals surface area contributed by atoms with Gasteiger partial charge in [0.1, 0.15) is 6.54 Å². The van der Waals surface area contributed by atoms with Gasteiger partial charge in [0.25, 0.3) is 0 Å². The zero-order chi connectivity index (χ0) is 12.4. The highest BCUT2D eigenvalue weighted by Crippen LogP contribution is 2.10. The standard InChI is InChI=1S/C6H12O.C4H7NO4/c1-6-4-2-3-5-7-6;1-9-4(8)5-2-3(6)7/h6H,2-5H2,1H3;2H2,1H3,(H,5,8)(H,6,7). The van der Waals surface area contributed by atoms with Crippen LogP contribution in [0.15, 0.2) is 0 Å². The SMILES string of the molecule is CC1CCCCO1.COC(=O)NCC(=O)O. The molecule has 1 saturated heterocycles. The lowest BCUT2D eigenvalue weighted by Gasteiger charge is -2.17. The second-order valence-corrected chi connectivity index (χ2v) is 3.42. The lowest BCUT2D eigenvalue weighted by molar-refractivity contribution is -0.135. The van der Waals surface area contributed by atoms with Crippen molar-refractivity contribution in [3.8, 4) is 0 Å². The molecule has 0 aromatic heterocycles. The predicted molar refractivity (Wildman–Crippen MR) is 57.3 cm³/mol. The van der Waals surface area contributed by atoms with Gasteiger partial charge in [0, 0.05) is 6.61 Å². The smallest absolute Gasteiger partial charge is 0.407 e. The zero-order valence-corrected chi connectivity index (χ0v) is 9.69. The van der Waals surface area contributed by atoms with Gasteiger partial charge >= 0.3 is 12.1 Å². The molecule has 0 saturated carbocycles. The van der Waals surface area contributed by atoms with Crippen LogP contribution in [-0.2, 0) is 14.3 Å². The van der Waals surface area contributed by atoms with Gasteiger partial charge in [-0.25, -0.2) is 4.79 Å². The van der Waals surface area contributed by atoms with Crippen LogP contribution in [0.2, 0.25) is 0 Å². The summed E-state index contributed by atoms with van der Waals surface area (Å²) >= 11 is 0. The molecule has 0 aromatic rings. The highest BCUT2D eigenvalue weighted by atomic mass is 16.5. The molecule has 6 heteroatoms. The highest BCUT2D eigenvalue weighted by Gasteiger charge is 2.05. The Morgan fingerprint density at radius 2 is 2.19 bits per heavy atom. The van der Waals surface area contributed by atoms with E-state index in [-0.39, 0.29) is 0 Å². The molecule has 1 fully saturated rings. The summed E-state index contributed by atoms with van der Waals surface area (Å²) in [7, 11) is 1.16. The Morgan fingerprint density at radius 1 is 1.50 bits per heavy atom. The van der Waals surface area contributed by atoms with E-state index >= 15 is 0 Å². The first kappa shape index (κ1) is 14.7. The van der Waals surface area contributed by atoms with Crippen molar-refractivity contribution in [2.24, 2.45) is 0 Å². The second-order valence-electron chi connectivity index (χ2n) is 3.42. The van der Waals surface area contributed by atoms with Crippen LogP contribution >= 0.6 is 0 Å². The molecule has 1 atom stereocenters. The average molecular weight is 233 g/mol. The molecule has 2 N–H and O–H groups in total. The van der Waals surface area contributed by atoms with E-state index in [1.165, 1.54) is 19.3 Å². The van der Waals surface area contributed by atoms with Crippen molar-refractivity contribution >= 4 is 12.1 Å². The summed E-state index contributed by atoms with van der Waals surface area (Å²) in [5.41, 5.74) is 0. The third kappa shape index (κ3) is 9.26. The van der Waals surface area contributed by atoms with Gasteiger partial charge < -0.3 is 19.9 Å². The van der Waals surface area contributed by atoms with Crippen molar-refractivity contribution in [1.29, 1.82) is 0 Å². The highest BCUT2D eigenvalue weighted by molar-refractivity contribution is 5.76. The molecule has 1 amide bonds. The summed E-state index contributed by atoms with van der Waals surface area (Å²) in [6, 6.07) is 0. The minimum atomic E-state index is -1.10. The van der Waals surface area contributed by atoms with Crippen LogP contribution in [0.25, 0.3) is 0 Å². The first-order valence-corrected chi connectivity index (χ1v) is 5.21. The topological polar surface area (TPSA) is 84.9 Å². The van der Waals surface area contributed by atoms with Crippen LogP contribution < -0.4 is 5.32 Å². The minimum Gasteiger partial charge on any atom is -0.480 e. The fourth-order valence-corrected chi connectivity index (χ4v) is 1.12. The van der Waals surface area contributed by atoms with E-state index in [0.29, 0.717) is 6.10 Å². The fourth-order valence-electron chi connectivity index (χ4n) is 1.12. The predicted octanol–water partition coefficient (Wildman–Crippen LogP) is 1.00. The first-order chi connectivity index (χ1) is 7.56. The third-order valence-electron chi connectivity index (χ3n) is 1.98. The molecular weight excluding hydrogens is 214 g/mol. The Hall–Kier alpha value is -1.30. The number of hydrogen-bond donors (Lipinski definition) is 2. The van der Waals surface area contributed by atoms with Gasteiger partial charge in [-0.3, -0.25) is 4.79 Å². The molecule has 0 aliphatic carbocycles. The monoisotopic (exact) mass is 233 g/mol. The lowest BCUT2D eigenvalue weighted by Crippen LogP contribution is -2.28. The van der Waals surface area contributed by atoms with E-state index in [1.54, 1.807) is 0 Å². The van der Waals surface area contributed by atoms with Crippen LogP contribution in [0.4, 0.5) is 4.79 Å². The minimum absolute atomic E-state index is 0.410. The van der Waals surface area contributed by atoms with E-state index in [4.69, 9.17) is 9.84 Å². The Bertz CT molecular complexity index is 213. The third-order valence-corrected chi connectivity index (χ3v) is 1.98. The first-order valence-electron chi connectivity index (χ1n) is 5.21. The van der Waals surface area contributed by atoms with Crippen LogP contribution in [0, 0.1) is 0 Å². The molecule has 1 aliphatic heterocycles. The molecule has 0 aromatic carbocycles. The molecule has 16 heavy (non-hydrogen) atoms. The largest absolute Gasteiger partial charge is 0.480 e. The molecule has 1 unspecified atom stereocenters. The Balaban J connectivity index is 0.000000288. The van der Waals surface area contributed by atoms with Crippen LogP contribution in [-0.4, -0.2) is 43.5 Å². The van der Waals surface area contributed by atoms with Crippen molar-refractivity contribution in [2.45, 2.75) is 32.3 Å². The van der Waals surface area contributed by atoms with E-state index in [0.717, 1.165) is 13.7 Å². The van der Waals surface area contributed by atoms with E-state index < -0.39 is 18.6 Å². The summed E-state index contributed by atoms with van der Waals surface area (Å²) in [5.74, 6) is -1.10. The molecule has 1 aliphatic rings. The molecular formula is C10H19NO5. The number of carboxylic acids is 1. The van der Waals surface area contributed by atoms with Crippen molar-refractivity contribution in [3.05, 3.63) is 0 Å². The van der Waals surface area contributed by atoms with Gasteiger partial charge in [-0.05, 0) is 26.2 Å². The lowest BCUT2D eigenvalue weighted by atomic mass is 10.1. The Labute approximate surface area is 94.9 Å². The number of hydrogen-bond acceptors (Lipinski definition) is 4. The van der Waals surface area contributed by atoms with Gasteiger partial charge in [-0.15, -0.1) is 0 Å². The van der Waals surface area contributed by atoms with Crippen LogP contribution in [0.5, 0.6) is 0 Å². The average Bonchev–Trinajstić information content (AvgIpc) is 2.27. The maximum Gasteiger partial charge on any atom is 0.407 e. The van der Waals surface area contributed by atoms with Crippen LogP contribution in [0.1, 0.15) is 26.2 Å². The molecule has 1 rings (SSSR count). The number of aliphatic carboxylic acids is 1. The number of carbonyl (C=O) groups is 2. The van der Waals surface area contributed by atoms with Gasteiger partial charge in [-0.1, -0.05) is 0 Å².